The van der Waals surface area contributed by atoms with Crippen LogP contribution >= 0.6 is 11.8 Å². The Labute approximate surface area is 180 Å². The largest absolute Gasteiger partial charge is 0.366 e. The maximum absolute atomic E-state index is 13.5. The lowest BCUT2D eigenvalue weighted by molar-refractivity contribution is -0.151. The predicted molar refractivity (Wildman–Crippen MR) is 119 cm³/mol. The lowest BCUT2D eigenvalue weighted by Gasteiger charge is -2.38. The van der Waals surface area contributed by atoms with Gasteiger partial charge in [-0.3, -0.25) is 9.69 Å². The maximum Gasteiger partial charge on any atom is 0.253 e. The second-order valence-corrected chi connectivity index (χ2v) is 10.4. The number of ether oxygens (including phenoxy) is 1. The zero-order valence-corrected chi connectivity index (χ0v) is 18.9. The van der Waals surface area contributed by atoms with Crippen molar-refractivity contribution in [1.82, 2.24) is 9.80 Å². The molecule has 1 unspecified atom stereocenters. The van der Waals surface area contributed by atoms with E-state index in [0.717, 1.165) is 19.6 Å². The minimum absolute atomic E-state index is 0.173. The van der Waals surface area contributed by atoms with Crippen molar-refractivity contribution in [3.8, 4) is 0 Å². The monoisotopic (exact) mass is 416 g/mol. The first-order chi connectivity index (χ1) is 14.1. The summed E-state index contributed by atoms with van der Waals surface area (Å²) in [6, 6.07) is 7.46. The quantitative estimate of drug-likeness (QED) is 0.690. The molecule has 2 heterocycles. The Bertz CT molecular complexity index is 702. The number of fused-ring (bicyclic) bond motifs is 1. The van der Waals surface area contributed by atoms with Crippen LogP contribution in [0.25, 0.3) is 0 Å². The predicted octanol–water partition coefficient (Wildman–Crippen LogP) is 4.35. The van der Waals surface area contributed by atoms with Crippen LogP contribution in [0.15, 0.2) is 23.1 Å². The van der Waals surface area contributed by atoms with E-state index >= 15 is 0 Å². The molecule has 1 aromatic carbocycles. The molecule has 5 heteroatoms. The molecule has 0 bridgehead atoms. The second-order valence-electron chi connectivity index (χ2n) is 9.30. The first-order valence-electron chi connectivity index (χ1n) is 11.5. The Balaban J connectivity index is 1.44. The van der Waals surface area contributed by atoms with Crippen LogP contribution in [0.2, 0.25) is 0 Å². The van der Waals surface area contributed by atoms with E-state index in [9.17, 15) is 4.79 Å². The number of carbonyl (C=O) groups excluding carboxylic acids is 1. The van der Waals surface area contributed by atoms with Crippen molar-refractivity contribution >= 4 is 17.7 Å². The third-order valence-electron chi connectivity index (χ3n) is 6.46. The van der Waals surface area contributed by atoms with Crippen molar-refractivity contribution < 1.29 is 9.53 Å². The van der Waals surface area contributed by atoms with Gasteiger partial charge in [-0.15, -0.1) is 11.8 Å². The Kier molecular flexibility index (Phi) is 7.20. The number of carbonyl (C=O) groups is 1. The molecule has 1 aromatic rings. The normalized spacial score (nSPS) is 23.3. The van der Waals surface area contributed by atoms with Gasteiger partial charge in [-0.1, -0.05) is 38.8 Å². The Morgan fingerprint density at radius 1 is 1.28 bits per heavy atom. The summed E-state index contributed by atoms with van der Waals surface area (Å²) in [4.78, 5) is 19.4. The highest BCUT2D eigenvalue weighted by molar-refractivity contribution is 7.99. The number of hydrogen-bond donors (Lipinski definition) is 0. The fourth-order valence-electron chi connectivity index (χ4n) is 5.00. The van der Waals surface area contributed by atoms with Gasteiger partial charge >= 0.3 is 0 Å². The van der Waals surface area contributed by atoms with Gasteiger partial charge in [0.1, 0.15) is 6.10 Å². The SMILES string of the molecule is CC(C)CN(Cc1ccc2c(c1)SCCC2)C(=O)C1CN(C2CCCC2)CCO1. The molecule has 1 aliphatic carbocycles. The van der Waals surface area contributed by atoms with Crippen LogP contribution in [-0.4, -0.2) is 59.8 Å². The van der Waals surface area contributed by atoms with Gasteiger partial charge in [0.25, 0.3) is 5.91 Å². The van der Waals surface area contributed by atoms with Crippen LogP contribution in [-0.2, 0) is 22.5 Å². The molecule has 160 valence electrons. The van der Waals surface area contributed by atoms with E-state index in [0.29, 0.717) is 25.1 Å². The molecule has 1 saturated carbocycles. The van der Waals surface area contributed by atoms with Gasteiger partial charge in [0.15, 0.2) is 0 Å². The van der Waals surface area contributed by atoms with E-state index in [-0.39, 0.29) is 12.0 Å². The van der Waals surface area contributed by atoms with E-state index in [1.54, 1.807) is 0 Å². The maximum atomic E-state index is 13.5. The molecule has 3 aliphatic rings. The van der Waals surface area contributed by atoms with Gasteiger partial charge in [0.05, 0.1) is 6.61 Å². The fourth-order valence-corrected chi connectivity index (χ4v) is 6.10. The summed E-state index contributed by atoms with van der Waals surface area (Å²) in [6.45, 7) is 8.27. The highest BCUT2D eigenvalue weighted by atomic mass is 32.2. The van der Waals surface area contributed by atoms with E-state index in [4.69, 9.17) is 4.74 Å². The fraction of sp³-hybridized carbons (Fsp3) is 0.708. The Hall–Kier alpha value is -1.04. The zero-order valence-electron chi connectivity index (χ0n) is 18.1. The summed E-state index contributed by atoms with van der Waals surface area (Å²) in [5.41, 5.74) is 2.71. The number of hydrogen-bond acceptors (Lipinski definition) is 4. The number of morpholine rings is 1. The van der Waals surface area contributed by atoms with E-state index in [1.807, 2.05) is 16.7 Å². The van der Waals surface area contributed by atoms with Gasteiger partial charge in [-0.05, 0) is 54.5 Å². The van der Waals surface area contributed by atoms with Crippen molar-refractivity contribution in [2.75, 3.05) is 32.0 Å². The van der Waals surface area contributed by atoms with Crippen LogP contribution < -0.4 is 0 Å². The number of nitrogens with zero attached hydrogens (tertiary/aromatic N) is 2. The highest BCUT2D eigenvalue weighted by Gasteiger charge is 2.34. The first kappa shape index (κ1) is 21.2. The van der Waals surface area contributed by atoms with Crippen LogP contribution in [0.1, 0.15) is 57.1 Å². The first-order valence-corrected chi connectivity index (χ1v) is 12.5. The summed E-state index contributed by atoms with van der Waals surface area (Å²) in [5, 5.41) is 0. The van der Waals surface area contributed by atoms with Gasteiger partial charge < -0.3 is 9.64 Å². The van der Waals surface area contributed by atoms with E-state index < -0.39 is 0 Å². The smallest absolute Gasteiger partial charge is 0.253 e. The Morgan fingerprint density at radius 2 is 2.10 bits per heavy atom. The van der Waals surface area contributed by atoms with Crippen molar-refractivity contribution in [3.63, 3.8) is 0 Å². The zero-order chi connectivity index (χ0) is 20.2. The van der Waals surface area contributed by atoms with Crippen molar-refractivity contribution in [3.05, 3.63) is 29.3 Å². The van der Waals surface area contributed by atoms with Gasteiger partial charge in [0.2, 0.25) is 0 Å². The summed E-state index contributed by atoms with van der Waals surface area (Å²) in [6.07, 6.45) is 7.37. The molecular weight excluding hydrogens is 380 g/mol. The number of rotatable bonds is 6. The molecule has 0 N–H and O–H groups in total. The molecular formula is C24H36N2O2S. The topological polar surface area (TPSA) is 32.8 Å². The molecule has 4 nitrogen and oxygen atoms in total. The molecule has 1 saturated heterocycles. The third kappa shape index (κ3) is 5.36. The molecule has 4 rings (SSSR count). The highest BCUT2D eigenvalue weighted by Crippen LogP contribution is 2.31. The lowest BCUT2D eigenvalue weighted by Crippen LogP contribution is -2.53. The summed E-state index contributed by atoms with van der Waals surface area (Å²) in [7, 11) is 0. The standard InChI is InChI=1S/C24H36N2O2S/c1-18(2)15-26(16-19-9-10-20-6-5-13-29-23(20)14-19)24(27)22-17-25(11-12-28-22)21-7-3-4-8-21/h9-10,14,18,21-22H,3-8,11-13,15-17H2,1-2H3. The summed E-state index contributed by atoms with van der Waals surface area (Å²) >= 11 is 1.96. The van der Waals surface area contributed by atoms with E-state index in [2.05, 4.69) is 36.9 Å². The van der Waals surface area contributed by atoms with Crippen LogP contribution in [0.4, 0.5) is 0 Å². The van der Waals surface area contributed by atoms with Crippen LogP contribution in [0.3, 0.4) is 0 Å². The number of amides is 1. The van der Waals surface area contributed by atoms with Gasteiger partial charge in [-0.2, -0.15) is 0 Å². The van der Waals surface area contributed by atoms with Crippen molar-refractivity contribution in [1.29, 1.82) is 0 Å². The summed E-state index contributed by atoms with van der Waals surface area (Å²) in [5.74, 6) is 1.82. The van der Waals surface area contributed by atoms with Crippen LogP contribution in [0.5, 0.6) is 0 Å². The average molecular weight is 417 g/mol. The second kappa shape index (κ2) is 9.84. The molecule has 2 aliphatic heterocycles. The molecule has 1 amide bonds. The minimum atomic E-state index is -0.310. The van der Waals surface area contributed by atoms with Crippen LogP contribution in [0, 0.1) is 5.92 Å². The van der Waals surface area contributed by atoms with Gasteiger partial charge in [0, 0.05) is 37.1 Å². The number of aryl methyl sites for hydroxylation is 1. The van der Waals surface area contributed by atoms with Crippen molar-refractivity contribution in [2.45, 2.75) is 76.0 Å². The average Bonchev–Trinajstić information content (AvgIpc) is 3.27. The lowest BCUT2D eigenvalue weighted by atomic mass is 10.1. The van der Waals surface area contributed by atoms with E-state index in [1.165, 1.54) is 60.3 Å². The van der Waals surface area contributed by atoms with Crippen molar-refractivity contribution in [2.24, 2.45) is 5.92 Å². The van der Waals surface area contributed by atoms with Gasteiger partial charge in [-0.25, -0.2) is 0 Å². The molecule has 1 atom stereocenters. The molecule has 0 spiro atoms. The minimum Gasteiger partial charge on any atom is -0.366 e. The number of benzene rings is 1. The summed E-state index contributed by atoms with van der Waals surface area (Å²) < 4.78 is 5.98. The molecule has 29 heavy (non-hydrogen) atoms. The molecule has 0 aromatic heterocycles. The third-order valence-corrected chi connectivity index (χ3v) is 7.65. The molecule has 0 radical (unpaired) electrons. The molecule has 2 fully saturated rings. The number of thioether (sulfide) groups is 1. The Morgan fingerprint density at radius 3 is 2.90 bits per heavy atom.